The number of hydrogen-bond donors (Lipinski definition) is 1. The van der Waals surface area contributed by atoms with Crippen LogP contribution >= 0.6 is 11.8 Å². The first kappa shape index (κ1) is 15.1. The number of nitrogens with two attached hydrogens (primary N) is 1. The van der Waals surface area contributed by atoms with Crippen molar-refractivity contribution in [1.29, 1.82) is 5.26 Å². The van der Waals surface area contributed by atoms with E-state index in [9.17, 15) is 5.26 Å². The molecule has 21 heavy (non-hydrogen) atoms. The Morgan fingerprint density at radius 1 is 1.24 bits per heavy atom. The van der Waals surface area contributed by atoms with Crippen LogP contribution < -0.4 is 15.2 Å². The van der Waals surface area contributed by atoms with Gasteiger partial charge in [0, 0.05) is 11.0 Å². The number of thioether (sulfide) groups is 1. The summed E-state index contributed by atoms with van der Waals surface area (Å²) in [6, 6.07) is 12.9. The minimum Gasteiger partial charge on any atom is -0.497 e. The Balaban J connectivity index is 2.40. The van der Waals surface area contributed by atoms with Gasteiger partial charge in [-0.3, -0.25) is 0 Å². The maximum atomic E-state index is 9.37. The maximum absolute atomic E-state index is 9.37. The van der Waals surface area contributed by atoms with E-state index in [1.165, 1.54) is 0 Å². The number of hydrogen-bond acceptors (Lipinski definition) is 5. The minimum atomic E-state index is 0.476. The third-order valence-electron chi connectivity index (χ3n) is 2.84. The highest BCUT2D eigenvalue weighted by atomic mass is 32.2. The second-order valence-corrected chi connectivity index (χ2v) is 5.49. The van der Waals surface area contributed by atoms with E-state index in [2.05, 4.69) is 6.07 Å². The van der Waals surface area contributed by atoms with Gasteiger partial charge in [-0.05, 0) is 30.0 Å². The zero-order valence-corrected chi connectivity index (χ0v) is 12.7. The van der Waals surface area contributed by atoms with Crippen LogP contribution in [0.3, 0.4) is 0 Å². The fourth-order valence-corrected chi connectivity index (χ4v) is 2.61. The van der Waals surface area contributed by atoms with Crippen LogP contribution in [-0.2, 0) is 0 Å². The van der Waals surface area contributed by atoms with Crippen LogP contribution in [0.25, 0.3) is 0 Å². The maximum Gasteiger partial charge on any atom is 0.154 e. The first-order valence-corrected chi connectivity index (χ1v) is 7.45. The molecule has 2 aromatic carbocycles. The molecule has 0 unspecified atom stereocenters. The third kappa shape index (κ3) is 3.41. The van der Waals surface area contributed by atoms with Gasteiger partial charge in [0.25, 0.3) is 0 Å². The lowest BCUT2D eigenvalue weighted by Gasteiger charge is -2.12. The Labute approximate surface area is 128 Å². The molecule has 4 nitrogen and oxygen atoms in total. The van der Waals surface area contributed by atoms with Crippen molar-refractivity contribution in [2.45, 2.75) is 11.8 Å². The first-order chi connectivity index (χ1) is 10.2. The smallest absolute Gasteiger partial charge is 0.154 e. The Kier molecular flexibility index (Phi) is 4.96. The van der Waals surface area contributed by atoms with E-state index >= 15 is 0 Å². The molecule has 0 saturated heterocycles. The van der Waals surface area contributed by atoms with Crippen molar-refractivity contribution in [3.8, 4) is 23.3 Å². The Hall–Kier alpha value is -2.32. The lowest BCUT2D eigenvalue weighted by Crippen LogP contribution is -1.96. The zero-order valence-electron chi connectivity index (χ0n) is 11.9. The van der Waals surface area contributed by atoms with Crippen molar-refractivity contribution in [3.63, 3.8) is 0 Å². The summed E-state index contributed by atoms with van der Waals surface area (Å²) in [4.78, 5) is 0.902. The molecular formula is C16H16N2O2S. The Morgan fingerprint density at radius 3 is 2.71 bits per heavy atom. The molecule has 2 aromatic rings. The Morgan fingerprint density at radius 2 is 2.05 bits per heavy atom. The number of anilines is 1. The molecule has 0 bridgehead atoms. The van der Waals surface area contributed by atoms with E-state index in [0.717, 1.165) is 10.6 Å². The molecule has 0 aliphatic carbocycles. The lowest BCUT2D eigenvalue weighted by molar-refractivity contribution is 0.409. The minimum absolute atomic E-state index is 0.476. The van der Waals surface area contributed by atoms with Gasteiger partial charge < -0.3 is 15.2 Å². The zero-order chi connectivity index (χ0) is 15.2. The molecule has 0 aliphatic rings. The van der Waals surface area contributed by atoms with Crippen molar-refractivity contribution in [2.24, 2.45) is 0 Å². The van der Waals surface area contributed by atoms with E-state index in [-0.39, 0.29) is 0 Å². The number of benzene rings is 2. The molecule has 0 fully saturated rings. The molecular weight excluding hydrogens is 284 g/mol. The number of methoxy groups -OCH3 is 1. The summed E-state index contributed by atoms with van der Waals surface area (Å²) in [5.74, 6) is 2.51. The molecule has 0 aliphatic heterocycles. The molecule has 0 radical (unpaired) electrons. The molecule has 108 valence electrons. The normalized spacial score (nSPS) is 9.95. The summed E-state index contributed by atoms with van der Waals surface area (Å²) in [6.07, 6.45) is 0. The monoisotopic (exact) mass is 300 g/mol. The van der Waals surface area contributed by atoms with Gasteiger partial charge in [-0.15, -0.1) is 11.8 Å². The van der Waals surface area contributed by atoms with Crippen LogP contribution in [0, 0.1) is 11.3 Å². The van der Waals surface area contributed by atoms with Crippen LogP contribution in [0.4, 0.5) is 5.69 Å². The first-order valence-electron chi connectivity index (χ1n) is 6.46. The Bertz CT molecular complexity index is 680. The standard InChI is InChI=1S/C16H16N2O2S/c1-3-21-16-6-4-5-14(12(16)10-17)20-15-9-11(19-2)7-8-13(15)18/h4-9H,3,18H2,1-2H3. The molecule has 2 N–H and O–H groups in total. The van der Waals surface area contributed by atoms with Crippen LogP contribution in [0.15, 0.2) is 41.3 Å². The van der Waals surface area contributed by atoms with Crippen molar-refractivity contribution in [2.75, 3.05) is 18.6 Å². The summed E-state index contributed by atoms with van der Waals surface area (Å²) in [5.41, 5.74) is 6.93. The molecule has 0 heterocycles. The number of nitrogens with zero attached hydrogens (tertiary/aromatic N) is 1. The third-order valence-corrected chi connectivity index (χ3v) is 3.78. The highest BCUT2D eigenvalue weighted by Crippen LogP contribution is 2.35. The average Bonchev–Trinajstić information content (AvgIpc) is 2.50. The molecule has 0 amide bonds. The second-order valence-electron chi connectivity index (χ2n) is 4.18. The molecule has 0 spiro atoms. The van der Waals surface area contributed by atoms with Crippen LogP contribution in [0.2, 0.25) is 0 Å². The van der Waals surface area contributed by atoms with Crippen LogP contribution in [-0.4, -0.2) is 12.9 Å². The quantitative estimate of drug-likeness (QED) is 0.666. The number of rotatable bonds is 5. The average molecular weight is 300 g/mol. The van der Waals surface area contributed by atoms with Crippen molar-refractivity contribution >= 4 is 17.4 Å². The van der Waals surface area contributed by atoms with Gasteiger partial charge in [-0.25, -0.2) is 0 Å². The van der Waals surface area contributed by atoms with Crippen molar-refractivity contribution in [3.05, 3.63) is 42.0 Å². The van der Waals surface area contributed by atoms with E-state index in [0.29, 0.717) is 28.5 Å². The van der Waals surface area contributed by atoms with E-state index in [4.69, 9.17) is 15.2 Å². The molecule has 0 aromatic heterocycles. The van der Waals surface area contributed by atoms with Crippen molar-refractivity contribution in [1.82, 2.24) is 0 Å². The molecule has 5 heteroatoms. The predicted molar refractivity (Wildman–Crippen MR) is 85.0 cm³/mol. The highest BCUT2D eigenvalue weighted by Gasteiger charge is 2.12. The number of ether oxygens (including phenoxy) is 2. The molecule has 0 atom stereocenters. The summed E-state index contributed by atoms with van der Waals surface area (Å²) in [7, 11) is 1.58. The van der Waals surface area contributed by atoms with Crippen LogP contribution in [0.5, 0.6) is 17.2 Å². The topological polar surface area (TPSA) is 68.3 Å². The van der Waals surface area contributed by atoms with Gasteiger partial charge in [0.2, 0.25) is 0 Å². The van der Waals surface area contributed by atoms with Gasteiger partial charge in [0.05, 0.1) is 12.8 Å². The van der Waals surface area contributed by atoms with Gasteiger partial charge >= 0.3 is 0 Å². The fourth-order valence-electron chi connectivity index (χ4n) is 1.83. The predicted octanol–water partition coefficient (Wildman–Crippen LogP) is 4.05. The lowest BCUT2D eigenvalue weighted by atomic mass is 10.2. The highest BCUT2D eigenvalue weighted by molar-refractivity contribution is 7.99. The van der Waals surface area contributed by atoms with E-state index in [1.54, 1.807) is 43.1 Å². The van der Waals surface area contributed by atoms with E-state index < -0.39 is 0 Å². The van der Waals surface area contributed by atoms with E-state index in [1.807, 2.05) is 19.1 Å². The summed E-state index contributed by atoms with van der Waals surface area (Å²) in [6.45, 7) is 2.04. The number of nitrogen functional groups attached to an aromatic ring is 1. The summed E-state index contributed by atoms with van der Waals surface area (Å²) < 4.78 is 11.0. The summed E-state index contributed by atoms with van der Waals surface area (Å²) >= 11 is 1.60. The molecule has 0 saturated carbocycles. The van der Waals surface area contributed by atoms with Gasteiger partial charge in [0.1, 0.15) is 23.1 Å². The van der Waals surface area contributed by atoms with Gasteiger partial charge in [-0.1, -0.05) is 13.0 Å². The largest absolute Gasteiger partial charge is 0.497 e. The molecule has 2 rings (SSSR count). The fraction of sp³-hybridized carbons (Fsp3) is 0.188. The number of nitriles is 1. The van der Waals surface area contributed by atoms with Gasteiger partial charge in [0.15, 0.2) is 5.75 Å². The van der Waals surface area contributed by atoms with Crippen LogP contribution in [0.1, 0.15) is 12.5 Å². The summed E-state index contributed by atoms with van der Waals surface area (Å²) in [5, 5.41) is 9.37. The van der Waals surface area contributed by atoms with Gasteiger partial charge in [-0.2, -0.15) is 5.26 Å². The SMILES string of the molecule is CCSc1cccc(Oc2cc(OC)ccc2N)c1C#N. The van der Waals surface area contributed by atoms with Crippen molar-refractivity contribution < 1.29 is 9.47 Å². The second kappa shape index (κ2) is 6.91.